The minimum Gasteiger partial charge on any atom is -0.449 e. The van der Waals surface area contributed by atoms with Crippen LogP contribution in [0.25, 0.3) is 11.1 Å². The van der Waals surface area contributed by atoms with Gasteiger partial charge in [0, 0.05) is 18.0 Å². The molecule has 0 aliphatic carbocycles. The van der Waals surface area contributed by atoms with E-state index in [1.165, 1.54) is 12.1 Å². The molecule has 4 nitrogen and oxygen atoms in total. The molecule has 1 amide bonds. The van der Waals surface area contributed by atoms with Crippen molar-refractivity contribution in [2.45, 2.75) is 6.42 Å². The topological polar surface area (TPSA) is 41.6 Å². The van der Waals surface area contributed by atoms with E-state index in [0.29, 0.717) is 18.2 Å². The number of amides is 1. The van der Waals surface area contributed by atoms with E-state index in [0.717, 1.165) is 30.6 Å². The van der Waals surface area contributed by atoms with E-state index in [1.807, 2.05) is 18.2 Å². The summed E-state index contributed by atoms with van der Waals surface area (Å²) in [5.74, 6) is -0.0984. The number of ether oxygens (including phenoxy) is 1. The number of hydrogen-bond donors (Lipinski definition) is 1. The number of halogens is 2. The van der Waals surface area contributed by atoms with Crippen LogP contribution in [0, 0.1) is 11.7 Å². The molecule has 0 aromatic heterocycles. The van der Waals surface area contributed by atoms with Crippen molar-refractivity contribution in [3.05, 3.63) is 53.3 Å². The van der Waals surface area contributed by atoms with Crippen LogP contribution >= 0.6 is 11.6 Å². The predicted molar refractivity (Wildman–Crippen MR) is 97.4 cm³/mol. The lowest BCUT2D eigenvalue weighted by atomic mass is 10.0. The molecule has 1 atom stereocenters. The molecule has 1 heterocycles. The first-order valence-electron chi connectivity index (χ1n) is 8.19. The average molecular weight is 363 g/mol. The first-order valence-corrected chi connectivity index (χ1v) is 8.57. The molecule has 1 saturated heterocycles. The summed E-state index contributed by atoms with van der Waals surface area (Å²) in [5, 5.41) is 2.81. The van der Waals surface area contributed by atoms with Gasteiger partial charge in [0.15, 0.2) is 0 Å². The molecule has 0 bridgehead atoms. The maximum Gasteiger partial charge on any atom is 0.411 e. The van der Waals surface area contributed by atoms with Crippen LogP contribution in [0.3, 0.4) is 0 Å². The molecule has 3 rings (SSSR count). The van der Waals surface area contributed by atoms with Gasteiger partial charge in [-0.15, -0.1) is 0 Å². The zero-order valence-corrected chi connectivity index (χ0v) is 14.7. The van der Waals surface area contributed by atoms with E-state index < -0.39 is 11.9 Å². The quantitative estimate of drug-likeness (QED) is 0.861. The van der Waals surface area contributed by atoms with Gasteiger partial charge in [0.2, 0.25) is 0 Å². The van der Waals surface area contributed by atoms with Crippen LogP contribution in [0.1, 0.15) is 6.42 Å². The highest BCUT2D eigenvalue weighted by molar-refractivity contribution is 6.31. The fourth-order valence-electron chi connectivity index (χ4n) is 3.01. The predicted octanol–water partition coefficient (Wildman–Crippen LogP) is 4.65. The smallest absolute Gasteiger partial charge is 0.411 e. The van der Waals surface area contributed by atoms with Crippen molar-refractivity contribution in [2.75, 3.05) is 32.1 Å². The first-order chi connectivity index (χ1) is 12.0. The molecular weight excluding hydrogens is 343 g/mol. The molecule has 1 aliphatic rings. The molecule has 2 aromatic rings. The van der Waals surface area contributed by atoms with E-state index in [9.17, 15) is 9.18 Å². The number of carbonyl (C=O) groups is 1. The highest BCUT2D eigenvalue weighted by atomic mass is 35.5. The number of hydrogen-bond acceptors (Lipinski definition) is 3. The van der Waals surface area contributed by atoms with Gasteiger partial charge < -0.3 is 9.64 Å². The van der Waals surface area contributed by atoms with Crippen molar-refractivity contribution in [1.29, 1.82) is 0 Å². The van der Waals surface area contributed by atoms with Crippen LogP contribution < -0.4 is 5.32 Å². The van der Waals surface area contributed by atoms with Crippen molar-refractivity contribution in [3.63, 3.8) is 0 Å². The Kier molecular flexibility index (Phi) is 5.56. The van der Waals surface area contributed by atoms with Crippen molar-refractivity contribution in [1.82, 2.24) is 4.90 Å². The second-order valence-corrected chi connectivity index (χ2v) is 6.72. The number of carbonyl (C=O) groups excluding carboxylic acids is 1. The summed E-state index contributed by atoms with van der Waals surface area (Å²) < 4.78 is 18.7. The van der Waals surface area contributed by atoms with Gasteiger partial charge in [0.25, 0.3) is 0 Å². The highest BCUT2D eigenvalue weighted by Crippen LogP contribution is 2.30. The lowest BCUT2D eigenvalue weighted by Crippen LogP contribution is -2.21. The van der Waals surface area contributed by atoms with Crippen molar-refractivity contribution in [2.24, 2.45) is 5.92 Å². The summed E-state index contributed by atoms with van der Waals surface area (Å²) in [5.41, 5.74) is 2.07. The van der Waals surface area contributed by atoms with Crippen LogP contribution in [0.4, 0.5) is 14.9 Å². The maximum absolute atomic E-state index is 13.4. The fraction of sp³-hybridized carbons (Fsp3) is 0.316. The molecule has 2 aromatic carbocycles. The van der Waals surface area contributed by atoms with Gasteiger partial charge in [-0.3, -0.25) is 5.32 Å². The second-order valence-electron chi connectivity index (χ2n) is 6.31. The summed E-state index contributed by atoms with van der Waals surface area (Å²) >= 11 is 5.86. The molecule has 0 saturated carbocycles. The lowest BCUT2D eigenvalue weighted by molar-refractivity contribution is 0.142. The number of rotatable bonds is 4. The molecule has 1 aliphatic heterocycles. The SMILES string of the molecule is CN1CC[C@H](COC(=O)Nc2ccccc2-c2ccc(F)c(Cl)c2)C1. The van der Waals surface area contributed by atoms with Crippen LogP contribution in [-0.4, -0.2) is 37.7 Å². The van der Waals surface area contributed by atoms with E-state index in [4.69, 9.17) is 16.3 Å². The number of benzene rings is 2. The normalized spacial score (nSPS) is 17.5. The molecule has 1 N–H and O–H groups in total. The van der Waals surface area contributed by atoms with Gasteiger partial charge >= 0.3 is 6.09 Å². The Balaban J connectivity index is 1.68. The second kappa shape index (κ2) is 7.85. The summed E-state index contributed by atoms with van der Waals surface area (Å²) in [6, 6.07) is 11.7. The van der Waals surface area contributed by atoms with Crippen LogP contribution in [0.2, 0.25) is 5.02 Å². The molecule has 6 heteroatoms. The van der Waals surface area contributed by atoms with Crippen LogP contribution in [0.5, 0.6) is 0 Å². The van der Waals surface area contributed by atoms with E-state index >= 15 is 0 Å². The van der Waals surface area contributed by atoms with Crippen LogP contribution in [-0.2, 0) is 4.74 Å². The van der Waals surface area contributed by atoms with Crippen molar-refractivity contribution in [3.8, 4) is 11.1 Å². The lowest BCUT2D eigenvalue weighted by Gasteiger charge is -2.14. The zero-order valence-electron chi connectivity index (χ0n) is 14.0. The van der Waals surface area contributed by atoms with E-state index in [-0.39, 0.29) is 5.02 Å². The largest absolute Gasteiger partial charge is 0.449 e. The van der Waals surface area contributed by atoms with Gasteiger partial charge in [-0.2, -0.15) is 0 Å². The minimum absolute atomic E-state index is 0.0419. The fourth-order valence-corrected chi connectivity index (χ4v) is 3.19. The number of likely N-dealkylation sites (tertiary alicyclic amines) is 1. The number of para-hydroxylation sites is 1. The number of nitrogens with zero attached hydrogens (tertiary/aromatic N) is 1. The molecule has 0 unspecified atom stereocenters. The Hall–Kier alpha value is -2.11. The van der Waals surface area contributed by atoms with Crippen molar-refractivity contribution < 1.29 is 13.9 Å². The standard InChI is InChI=1S/C19H20ClFN2O2/c1-23-9-8-13(11-23)12-25-19(24)22-18-5-3-2-4-15(18)14-6-7-17(21)16(20)10-14/h2-7,10,13H,8-9,11-12H2,1H3,(H,22,24)/t13-/m0/s1. The molecular formula is C19H20ClFN2O2. The molecule has 132 valence electrons. The summed E-state index contributed by atoms with van der Waals surface area (Å²) in [4.78, 5) is 14.3. The maximum atomic E-state index is 13.4. The third-order valence-corrected chi connectivity index (χ3v) is 4.62. The Labute approximate surface area is 151 Å². The Morgan fingerprint density at radius 1 is 1.36 bits per heavy atom. The summed E-state index contributed by atoms with van der Waals surface area (Å²) in [6.07, 6.45) is 0.546. The zero-order chi connectivity index (χ0) is 17.8. The monoisotopic (exact) mass is 362 g/mol. The summed E-state index contributed by atoms with van der Waals surface area (Å²) in [6.45, 7) is 2.38. The van der Waals surface area contributed by atoms with Gasteiger partial charge in [-0.05, 0) is 43.8 Å². The molecule has 25 heavy (non-hydrogen) atoms. The van der Waals surface area contributed by atoms with Gasteiger partial charge in [-0.25, -0.2) is 9.18 Å². The Morgan fingerprint density at radius 3 is 2.88 bits per heavy atom. The Bertz CT molecular complexity index is 769. The van der Waals surface area contributed by atoms with Gasteiger partial charge in [0.05, 0.1) is 17.3 Å². The third-order valence-electron chi connectivity index (χ3n) is 4.33. The highest BCUT2D eigenvalue weighted by Gasteiger charge is 2.21. The third kappa shape index (κ3) is 4.50. The van der Waals surface area contributed by atoms with E-state index in [2.05, 4.69) is 17.3 Å². The molecule has 0 radical (unpaired) electrons. The first kappa shape index (κ1) is 17.7. The minimum atomic E-state index is -0.491. The Morgan fingerprint density at radius 2 is 2.16 bits per heavy atom. The van der Waals surface area contributed by atoms with Crippen LogP contribution in [0.15, 0.2) is 42.5 Å². The van der Waals surface area contributed by atoms with Gasteiger partial charge in [0.1, 0.15) is 5.82 Å². The van der Waals surface area contributed by atoms with E-state index in [1.54, 1.807) is 12.1 Å². The van der Waals surface area contributed by atoms with Gasteiger partial charge in [-0.1, -0.05) is 35.9 Å². The molecule has 0 spiro atoms. The number of nitrogens with one attached hydrogen (secondary N) is 1. The average Bonchev–Trinajstić information content (AvgIpc) is 3.02. The summed E-state index contributed by atoms with van der Waals surface area (Å²) in [7, 11) is 2.06. The molecule has 1 fully saturated rings. The number of anilines is 1. The van der Waals surface area contributed by atoms with Crippen molar-refractivity contribution >= 4 is 23.4 Å².